The Labute approximate surface area is 116 Å². The van der Waals surface area contributed by atoms with E-state index in [1.165, 1.54) is 0 Å². The van der Waals surface area contributed by atoms with Gasteiger partial charge in [0.2, 0.25) is 0 Å². The van der Waals surface area contributed by atoms with Gasteiger partial charge in [-0.25, -0.2) is 0 Å². The number of aromatic nitrogens is 1. The van der Waals surface area contributed by atoms with Gasteiger partial charge in [-0.15, -0.1) is 0 Å². The first kappa shape index (κ1) is 14.5. The topological polar surface area (TPSA) is 34.1 Å². The van der Waals surface area contributed by atoms with Crippen molar-refractivity contribution < 1.29 is 4.74 Å². The van der Waals surface area contributed by atoms with E-state index in [2.05, 4.69) is 43.2 Å². The smallest absolute Gasteiger partial charge is 0.0658 e. The van der Waals surface area contributed by atoms with Gasteiger partial charge in [0.05, 0.1) is 11.8 Å². The quantitative estimate of drug-likeness (QED) is 0.855. The van der Waals surface area contributed by atoms with Crippen molar-refractivity contribution in [3.8, 4) is 0 Å². The van der Waals surface area contributed by atoms with Gasteiger partial charge < -0.3 is 10.1 Å². The van der Waals surface area contributed by atoms with E-state index in [1.807, 2.05) is 13.0 Å². The van der Waals surface area contributed by atoms with E-state index in [0.717, 1.165) is 37.4 Å². The number of aryl methyl sites for hydroxylation is 1. The minimum atomic E-state index is 0.264. The van der Waals surface area contributed by atoms with Crippen LogP contribution in [0.25, 0.3) is 0 Å². The van der Waals surface area contributed by atoms with E-state index in [9.17, 15) is 0 Å². The summed E-state index contributed by atoms with van der Waals surface area (Å²) in [5, 5.41) is 3.65. The molecule has 0 aliphatic heterocycles. The molecule has 1 saturated carbocycles. The van der Waals surface area contributed by atoms with Crippen LogP contribution in [0.4, 0.5) is 0 Å². The first-order chi connectivity index (χ1) is 9.10. The maximum absolute atomic E-state index is 5.83. The van der Waals surface area contributed by atoms with Gasteiger partial charge in [-0.05, 0) is 38.8 Å². The molecule has 0 radical (unpaired) electrons. The Morgan fingerprint density at radius 1 is 1.42 bits per heavy atom. The molecule has 0 spiro atoms. The zero-order valence-corrected chi connectivity index (χ0v) is 12.6. The molecule has 2 rings (SSSR count). The maximum Gasteiger partial charge on any atom is 0.0658 e. The average Bonchev–Trinajstić information content (AvgIpc) is 2.41. The summed E-state index contributed by atoms with van der Waals surface area (Å²) < 4.78 is 5.83. The van der Waals surface area contributed by atoms with Gasteiger partial charge >= 0.3 is 0 Å². The number of hydrogen-bond donors (Lipinski definition) is 1. The molecule has 1 N–H and O–H groups in total. The van der Waals surface area contributed by atoms with Crippen molar-refractivity contribution in [3.05, 3.63) is 29.6 Å². The molecule has 0 amide bonds. The predicted molar refractivity (Wildman–Crippen MR) is 78.0 cm³/mol. The van der Waals surface area contributed by atoms with E-state index < -0.39 is 0 Å². The van der Waals surface area contributed by atoms with Crippen molar-refractivity contribution in [2.75, 3.05) is 6.61 Å². The van der Waals surface area contributed by atoms with E-state index in [-0.39, 0.29) is 5.41 Å². The molecular formula is C16H26N2O. The first-order valence-electron chi connectivity index (χ1n) is 7.37. The van der Waals surface area contributed by atoms with Gasteiger partial charge in [0.1, 0.15) is 0 Å². The lowest BCUT2D eigenvalue weighted by atomic mass is 9.61. The molecule has 1 aromatic heterocycles. The second-order valence-corrected chi connectivity index (χ2v) is 5.74. The molecule has 3 heteroatoms. The van der Waals surface area contributed by atoms with Crippen LogP contribution >= 0.6 is 0 Å². The van der Waals surface area contributed by atoms with E-state index in [1.54, 1.807) is 0 Å². The fraction of sp³-hybridized carbons (Fsp3) is 0.688. The summed E-state index contributed by atoms with van der Waals surface area (Å²) in [7, 11) is 0. The number of nitrogens with one attached hydrogen (secondary N) is 1. The monoisotopic (exact) mass is 262 g/mol. The summed E-state index contributed by atoms with van der Waals surface area (Å²) in [5.74, 6) is 0. The third kappa shape index (κ3) is 2.98. The van der Waals surface area contributed by atoms with Gasteiger partial charge in [-0.1, -0.05) is 19.9 Å². The highest BCUT2D eigenvalue weighted by Gasteiger charge is 2.50. The van der Waals surface area contributed by atoms with Crippen molar-refractivity contribution >= 4 is 0 Å². The minimum absolute atomic E-state index is 0.264. The number of nitrogens with zero attached hydrogens (tertiary/aromatic N) is 1. The zero-order chi connectivity index (χ0) is 13.9. The highest BCUT2D eigenvalue weighted by Crippen LogP contribution is 2.45. The number of rotatable bonds is 6. The van der Waals surface area contributed by atoms with Crippen molar-refractivity contribution in [1.29, 1.82) is 0 Å². The average molecular weight is 262 g/mol. The Balaban J connectivity index is 1.90. The second kappa shape index (κ2) is 6.02. The van der Waals surface area contributed by atoms with Crippen LogP contribution in [0.15, 0.2) is 18.2 Å². The molecular weight excluding hydrogens is 236 g/mol. The van der Waals surface area contributed by atoms with E-state index in [0.29, 0.717) is 12.1 Å². The second-order valence-electron chi connectivity index (χ2n) is 5.74. The Morgan fingerprint density at radius 3 is 2.84 bits per heavy atom. The zero-order valence-electron chi connectivity index (χ0n) is 12.6. The molecule has 1 aromatic rings. The third-order valence-electron chi connectivity index (χ3n) is 4.59. The lowest BCUT2D eigenvalue weighted by molar-refractivity contribution is -0.126. The Bertz CT molecular complexity index is 421. The molecule has 3 atom stereocenters. The van der Waals surface area contributed by atoms with Gasteiger partial charge in [-0.3, -0.25) is 4.98 Å². The fourth-order valence-corrected chi connectivity index (χ4v) is 2.99. The van der Waals surface area contributed by atoms with Crippen molar-refractivity contribution in [1.82, 2.24) is 10.3 Å². The van der Waals surface area contributed by atoms with Crippen LogP contribution in [0.5, 0.6) is 0 Å². The summed E-state index contributed by atoms with van der Waals surface area (Å²) in [6, 6.07) is 6.73. The highest BCUT2D eigenvalue weighted by molar-refractivity contribution is 5.11. The maximum atomic E-state index is 5.83. The first-order valence-corrected chi connectivity index (χ1v) is 7.37. The molecule has 106 valence electrons. The third-order valence-corrected chi connectivity index (χ3v) is 4.59. The molecule has 0 aromatic carbocycles. The van der Waals surface area contributed by atoms with Gasteiger partial charge in [-0.2, -0.15) is 0 Å². The summed E-state index contributed by atoms with van der Waals surface area (Å²) in [6.45, 7) is 10.4. The van der Waals surface area contributed by atoms with E-state index >= 15 is 0 Å². The molecule has 1 aliphatic carbocycles. The predicted octanol–water partition coefficient (Wildman–Crippen LogP) is 3.07. The molecule has 3 unspecified atom stereocenters. The van der Waals surface area contributed by atoms with Crippen molar-refractivity contribution in [3.63, 3.8) is 0 Å². The number of ether oxygens (including phenoxy) is 1. The Kier molecular flexibility index (Phi) is 4.58. The van der Waals surface area contributed by atoms with Crippen LogP contribution in [0.2, 0.25) is 0 Å². The van der Waals surface area contributed by atoms with Crippen LogP contribution in [-0.4, -0.2) is 23.7 Å². The lowest BCUT2D eigenvalue weighted by Gasteiger charge is -2.53. The van der Waals surface area contributed by atoms with Crippen LogP contribution < -0.4 is 5.32 Å². The molecule has 0 bridgehead atoms. The van der Waals surface area contributed by atoms with Crippen LogP contribution in [-0.2, 0) is 11.3 Å². The van der Waals surface area contributed by atoms with Crippen LogP contribution in [0.1, 0.15) is 45.0 Å². The standard InChI is InChI=1S/C16H26N2O/c1-5-16(4)14(10-15(16)19-6-2)17-11-13-9-7-8-12(3)18-13/h7-9,14-15,17H,5-6,10-11H2,1-4H3. The largest absolute Gasteiger partial charge is 0.378 e. The van der Waals surface area contributed by atoms with Gasteiger partial charge in [0.15, 0.2) is 0 Å². The van der Waals surface area contributed by atoms with Crippen molar-refractivity contribution in [2.45, 2.75) is 59.2 Å². The minimum Gasteiger partial charge on any atom is -0.378 e. The number of hydrogen-bond acceptors (Lipinski definition) is 3. The Hall–Kier alpha value is -0.930. The molecule has 1 heterocycles. The molecule has 3 nitrogen and oxygen atoms in total. The molecule has 0 saturated heterocycles. The summed E-state index contributed by atoms with van der Waals surface area (Å²) in [4.78, 5) is 4.54. The Morgan fingerprint density at radius 2 is 2.21 bits per heavy atom. The summed E-state index contributed by atoms with van der Waals surface area (Å²) in [5.41, 5.74) is 2.47. The fourth-order valence-electron chi connectivity index (χ4n) is 2.99. The number of pyridine rings is 1. The van der Waals surface area contributed by atoms with Crippen LogP contribution in [0, 0.1) is 12.3 Å². The van der Waals surface area contributed by atoms with Gasteiger partial charge in [0.25, 0.3) is 0 Å². The summed E-state index contributed by atoms with van der Waals surface area (Å²) in [6.07, 6.45) is 2.67. The highest BCUT2D eigenvalue weighted by atomic mass is 16.5. The normalized spacial score (nSPS) is 30.1. The van der Waals surface area contributed by atoms with Crippen LogP contribution in [0.3, 0.4) is 0 Å². The summed E-state index contributed by atoms with van der Waals surface area (Å²) >= 11 is 0. The molecule has 1 fully saturated rings. The SMILES string of the molecule is CCOC1CC(NCc2cccc(C)n2)C1(C)CC. The van der Waals surface area contributed by atoms with E-state index in [4.69, 9.17) is 4.74 Å². The van der Waals surface area contributed by atoms with Crippen molar-refractivity contribution in [2.24, 2.45) is 5.41 Å². The lowest BCUT2D eigenvalue weighted by Crippen LogP contribution is -2.62. The molecule has 19 heavy (non-hydrogen) atoms. The molecule has 1 aliphatic rings. The van der Waals surface area contributed by atoms with Gasteiger partial charge in [0, 0.05) is 30.3 Å².